The molecule has 0 bridgehead atoms. The normalized spacial score (nSPS) is 16.8. The Morgan fingerprint density at radius 1 is 1.19 bits per heavy atom. The molecular weight excluding hydrogens is 346 g/mol. The Labute approximate surface area is 158 Å². The average Bonchev–Trinajstić information content (AvgIpc) is 2.92. The van der Waals surface area contributed by atoms with E-state index in [9.17, 15) is 4.79 Å². The maximum Gasteiger partial charge on any atom is 0.315 e. The number of hydrogen-bond acceptors (Lipinski definition) is 5. The van der Waals surface area contributed by atoms with Gasteiger partial charge in [-0.05, 0) is 37.5 Å². The molecule has 2 aliphatic heterocycles. The van der Waals surface area contributed by atoms with Crippen molar-refractivity contribution in [1.29, 1.82) is 0 Å². The third-order valence-corrected chi connectivity index (χ3v) is 5.01. The second-order valence-corrected chi connectivity index (χ2v) is 6.95. The van der Waals surface area contributed by atoms with E-state index in [1.807, 2.05) is 25.1 Å². The molecule has 0 spiro atoms. The van der Waals surface area contributed by atoms with Crippen molar-refractivity contribution in [2.45, 2.75) is 51.7 Å². The van der Waals surface area contributed by atoms with Crippen molar-refractivity contribution >= 4 is 6.03 Å². The number of carbonyl (C=O) groups is 1. The highest BCUT2D eigenvalue weighted by Gasteiger charge is 2.17. The van der Waals surface area contributed by atoms with E-state index in [4.69, 9.17) is 9.47 Å². The number of nitrogens with one attached hydrogen (secondary N) is 2. The molecule has 1 aromatic carbocycles. The Kier molecular flexibility index (Phi) is 5.13. The van der Waals surface area contributed by atoms with E-state index in [1.54, 1.807) is 0 Å². The van der Waals surface area contributed by atoms with Crippen LogP contribution in [0.5, 0.6) is 11.5 Å². The van der Waals surface area contributed by atoms with Crippen LogP contribution in [0.25, 0.3) is 0 Å². The highest BCUT2D eigenvalue weighted by atomic mass is 16.6. The smallest absolute Gasteiger partial charge is 0.315 e. The van der Waals surface area contributed by atoms with Gasteiger partial charge < -0.3 is 24.7 Å². The largest absolute Gasteiger partial charge is 0.486 e. The molecule has 1 unspecified atom stereocenters. The lowest BCUT2D eigenvalue weighted by molar-refractivity contribution is 0.171. The molecule has 0 saturated carbocycles. The molecule has 0 aliphatic carbocycles. The van der Waals surface area contributed by atoms with Gasteiger partial charge in [0.2, 0.25) is 0 Å². The van der Waals surface area contributed by atoms with E-state index in [1.165, 1.54) is 6.42 Å². The number of ether oxygens (including phenoxy) is 2. The second kappa shape index (κ2) is 7.85. The number of carbonyl (C=O) groups excluding carboxylic acids is 1. The van der Waals surface area contributed by atoms with Crippen molar-refractivity contribution in [3.8, 4) is 11.5 Å². The van der Waals surface area contributed by atoms with Gasteiger partial charge in [0, 0.05) is 13.0 Å². The highest BCUT2D eigenvalue weighted by molar-refractivity contribution is 5.74. The van der Waals surface area contributed by atoms with Crippen LogP contribution in [-0.4, -0.2) is 34.0 Å². The van der Waals surface area contributed by atoms with E-state index in [0.29, 0.717) is 19.8 Å². The summed E-state index contributed by atoms with van der Waals surface area (Å²) in [6, 6.07) is 5.35. The molecule has 2 N–H and O–H groups in total. The van der Waals surface area contributed by atoms with Crippen molar-refractivity contribution in [3.05, 3.63) is 35.4 Å². The lowest BCUT2D eigenvalue weighted by Gasteiger charge is -2.21. The maximum atomic E-state index is 12.3. The summed E-state index contributed by atoms with van der Waals surface area (Å²) in [5.74, 6) is 3.30. The second-order valence-electron chi connectivity index (χ2n) is 6.95. The summed E-state index contributed by atoms with van der Waals surface area (Å²) in [5, 5.41) is 14.3. The molecule has 0 saturated heterocycles. The molecule has 1 aromatic heterocycles. The van der Waals surface area contributed by atoms with Gasteiger partial charge in [0.05, 0.1) is 12.6 Å². The number of benzene rings is 1. The SMILES string of the molecule is CC(NC(=O)NCc1nnc2n1CCCCC2)c1ccc2c(c1)OCCO2. The fourth-order valence-corrected chi connectivity index (χ4v) is 3.50. The first-order valence-electron chi connectivity index (χ1n) is 9.55. The van der Waals surface area contributed by atoms with Gasteiger partial charge in [-0.25, -0.2) is 4.79 Å². The number of urea groups is 1. The highest BCUT2D eigenvalue weighted by Crippen LogP contribution is 2.32. The minimum atomic E-state index is -0.233. The first-order valence-corrected chi connectivity index (χ1v) is 9.55. The number of rotatable bonds is 4. The number of amides is 2. The Morgan fingerprint density at radius 3 is 2.93 bits per heavy atom. The van der Waals surface area contributed by atoms with E-state index in [0.717, 1.165) is 54.5 Å². The third kappa shape index (κ3) is 3.99. The zero-order valence-corrected chi connectivity index (χ0v) is 15.5. The molecule has 27 heavy (non-hydrogen) atoms. The molecule has 1 atom stereocenters. The first kappa shape index (κ1) is 17.6. The summed E-state index contributed by atoms with van der Waals surface area (Å²) in [5.41, 5.74) is 0.964. The average molecular weight is 371 g/mol. The summed E-state index contributed by atoms with van der Waals surface area (Å²) >= 11 is 0. The summed E-state index contributed by atoms with van der Waals surface area (Å²) in [6.07, 6.45) is 4.45. The van der Waals surface area contributed by atoms with Crippen LogP contribution in [0.3, 0.4) is 0 Å². The minimum absolute atomic E-state index is 0.156. The fraction of sp³-hybridized carbons (Fsp3) is 0.526. The van der Waals surface area contributed by atoms with Gasteiger partial charge in [0.25, 0.3) is 0 Å². The molecule has 4 rings (SSSR count). The molecule has 0 fully saturated rings. The summed E-state index contributed by atoms with van der Waals surface area (Å²) in [6.45, 7) is 4.34. The van der Waals surface area contributed by atoms with Crippen molar-refractivity contribution in [3.63, 3.8) is 0 Å². The standard InChI is InChI=1S/C19H25N5O3/c1-13(14-6-7-15-16(11-14)27-10-9-26-15)21-19(25)20-12-18-23-22-17-5-3-2-4-8-24(17)18/h6-7,11,13H,2-5,8-10,12H2,1H3,(H2,20,21,25). The molecule has 0 radical (unpaired) electrons. The van der Waals surface area contributed by atoms with Gasteiger partial charge in [0.1, 0.15) is 19.0 Å². The molecule has 8 nitrogen and oxygen atoms in total. The molecule has 2 aromatic rings. The van der Waals surface area contributed by atoms with E-state index < -0.39 is 0 Å². The summed E-state index contributed by atoms with van der Waals surface area (Å²) < 4.78 is 13.3. The van der Waals surface area contributed by atoms with Gasteiger partial charge >= 0.3 is 6.03 Å². The fourth-order valence-electron chi connectivity index (χ4n) is 3.50. The lowest BCUT2D eigenvalue weighted by Crippen LogP contribution is -2.37. The van der Waals surface area contributed by atoms with Gasteiger partial charge in [-0.15, -0.1) is 10.2 Å². The van der Waals surface area contributed by atoms with Crippen molar-refractivity contribution in [1.82, 2.24) is 25.4 Å². The molecule has 2 aliphatic rings. The van der Waals surface area contributed by atoms with Gasteiger partial charge in [-0.3, -0.25) is 0 Å². The van der Waals surface area contributed by atoms with Crippen LogP contribution in [0.1, 0.15) is 49.4 Å². The number of fused-ring (bicyclic) bond motifs is 2. The van der Waals surface area contributed by atoms with Crippen LogP contribution in [-0.2, 0) is 19.5 Å². The Balaban J connectivity index is 1.33. The van der Waals surface area contributed by atoms with Gasteiger partial charge in [-0.2, -0.15) is 0 Å². The number of hydrogen-bond donors (Lipinski definition) is 2. The van der Waals surface area contributed by atoms with Crippen molar-refractivity contribution < 1.29 is 14.3 Å². The van der Waals surface area contributed by atoms with E-state index >= 15 is 0 Å². The maximum absolute atomic E-state index is 12.3. The summed E-state index contributed by atoms with van der Waals surface area (Å²) in [7, 11) is 0. The topological polar surface area (TPSA) is 90.3 Å². The lowest BCUT2D eigenvalue weighted by atomic mass is 10.1. The molecule has 144 valence electrons. The minimum Gasteiger partial charge on any atom is -0.486 e. The molecular formula is C19H25N5O3. The third-order valence-electron chi connectivity index (χ3n) is 5.01. The Hall–Kier alpha value is -2.77. The predicted molar refractivity (Wildman–Crippen MR) is 98.8 cm³/mol. The van der Waals surface area contributed by atoms with Crippen LogP contribution < -0.4 is 20.1 Å². The van der Waals surface area contributed by atoms with Crippen LogP contribution in [0.4, 0.5) is 4.79 Å². The molecule has 3 heterocycles. The summed E-state index contributed by atoms with van der Waals surface area (Å²) in [4.78, 5) is 12.3. The first-order chi connectivity index (χ1) is 13.2. The zero-order valence-electron chi connectivity index (χ0n) is 15.5. The number of nitrogens with zero attached hydrogens (tertiary/aromatic N) is 3. The molecule has 2 amide bonds. The van der Waals surface area contributed by atoms with E-state index in [2.05, 4.69) is 25.4 Å². The Morgan fingerprint density at radius 2 is 2.04 bits per heavy atom. The van der Waals surface area contributed by atoms with E-state index in [-0.39, 0.29) is 12.1 Å². The van der Waals surface area contributed by atoms with Gasteiger partial charge in [0.15, 0.2) is 17.3 Å². The zero-order chi connectivity index (χ0) is 18.6. The van der Waals surface area contributed by atoms with Crippen molar-refractivity contribution in [2.75, 3.05) is 13.2 Å². The monoisotopic (exact) mass is 371 g/mol. The number of aryl methyl sites for hydroxylation is 1. The Bertz CT molecular complexity index is 820. The van der Waals surface area contributed by atoms with Crippen LogP contribution in [0.2, 0.25) is 0 Å². The van der Waals surface area contributed by atoms with Crippen molar-refractivity contribution in [2.24, 2.45) is 0 Å². The number of aromatic nitrogens is 3. The quantitative estimate of drug-likeness (QED) is 0.861. The predicted octanol–water partition coefficient (Wildman–Crippen LogP) is 2.34. The van der Waals surface area contributed by atoms with Crippen LogP contribution in [0, 0.1) is 0 Å². The molecule has 8 heteroatoms. The van der Waals surface area contributed by atoms with Crippen LogP contribution in [0.15, 0.2) is 18.2 Å². The van der Waals surface area contributed by atoms with Crippen LogP contribution >= 0.6 is 0 Å². The van der Waals surface area contributed by atoms with Gasteiger partial charge in [-0.1, -0.05) is 12.5 Å².